The van der Waals surface area contributed by atoms with Gasteiger partial charge >= 0.3 is 0 Å². The largest absolute Gasteiger partial charge is 0.355 e. The van der Waals surface area contributed by atoms with Gasteiger partial charge in [-0.2, -0.15) is 4.98 Å². The third kappa shape index (κ3) is 3.36. The van der Waals surface area contributed by atoms with E-state index in [2.05, 4.69) is 22.4 Å². The van der Waals surface area contributed by atoms with Crippen molar-refractivity contribution in [3.8, 4) is 0 Å². The molecule has 1 fully saturated rings. The molecule has 1 aromatic rings. The number of aryl methyl sites for hydroxylation is 1. The topological polar surface area (TPSA) is 94.0 Å². The van der Waals surface area contributed by atoms with Crippen molar-refractivity contribution < 1.29 is 9.32 Å². The monoisotopic (exact) mass is 280 g/mol. The third-order valence-electron chi connectivity index (χ3n) is 4.30. The Bertz CT molecular complexity index is 450. The molecule has 0 radical (unpaired) electrons. The molecule has 1 amide bonds. The van der Waals surface area contributed by atoms with E-state index in [0.29, 0.717) is 37.1 Å². The molecule has 112 valence electrons. The van der Waals surface area contributed by atoms with Gasteiger partial charge in [-0.3, -0.25) is 4.79 Å². The average molecular weight is 280 g/mol. The summed E-state index contributed by atoms with van der Waals surface area (Å²) in [6.45, 7) is 4.94. The maximum absolute atomic E-state index is 12.4. The molecular weight excluding hydrogens is 256 g/mol. The smallest absolute Gasteiger partial charge is 0.228 e. The molecule has 2 rings (SSSR count). The molecule has 1 heterocycles. The Labute approximate surface area is 119 Å². The van der Waals surface area contributed by atoms with E-state index in [-0.39, 0.29) is 11.3 Å². The summed E-state index contributed by atoms with van der Waals surface area (Å²) in [5.74, 6) is 1.94. The molecule has 0 bridgehead atoms. The second-order valence-corrected chi connectivity index (χ2v) is 5.91. The van der Waals surface area contributed by atoms with Crippen molar-refractivity contribution >= 4 is 5.91 Å². The van der Waals surface area contributed by atoms with E-state index >= 15 is 0 Å². The lowest BCUT2D eigenvalue weighted by Crippen LogP contribution is -2.48. The van der Waals surface area contributed by atoms with Gasteiger partial charge in [-0.25, -0.2) is 0 Å². The molecule has 1 aliphatic rings. The van der Waals surface area contributed by atoms with Crippen LogP contribution in [0.2, 0.25) is 0 Å². The zero-order valence-corrected chi connectivity index (χ0v) is 12.3. The van der Waals surface area contributed by atoms with Crippen LogP contribution in [0.3, 0.4) is 0 Å². The third-order valence-corrected chi connectivity index (χ3v) is 4.30. The number of nitrogens with zero attached hydrogens (tertiary/aromatic N) is 2. The molecule has 6 nitrogen and oxygen atoms in total. The van der Waals surface area contributed by atoms with Crippen LogP contribution in [0.25, 0.3) is 0 Å². The van der Waals surface area contributed by atoms with E-state index in [4.69, 9.17) is 10.3 Å². The number of aromatic nitrogens is 2. The van der Waals surface area contributed by atoms with E-state index in [1.807, 2.05) is 0 Å². The van der Waals surface area contributed by atoms with Crippen LogP contribution in [0.5, 0.6) is 0 Å². The number of carbonyl (C=O) groups is 1. The molecular formula is C14H24N4O2. The van der Waals surface area contributed by atoms with Gasteiger partial charge in [0.25, 0.3) is 0 Å². The van der Waals surface area contributed by atoms with Crippen LogP contribution in [0.15, 0.2) is 4.52 Å². The van der Waals surface area contributed by atoms with Gasteiger partial charge in [-0.05, 0) is 38.5 Å². The van der Waals surface area contributed by atoms with Crippen LogP contribution in [0.1, 0.15) is 44.3 Å². The van der Waals surface area contributed by atoms with Gasteiger partial charge < -0.3 is 15.6 Å². The molecule has 20 heavy (non-hydrogen) atoms. The molecule has 1 aliphatic carbocycles. The average Bonchev–Trinajstić information content (AvgIpc) is 2.85. The van der Waals surface area contributed by atoms with E-state index in [1.165, 1.54) is 0 Å². The molecule has 0 spiro atoms. The number of carbonyl (C=O) groups excluding carboxylic acids is 1. The standard InChI is InChI=1S/C14H24N4O2/c1-10-3-6-14(9-15,7-4-10)13(19)16-8-5-12-17-11(2)18-20-12/h10H,3-9,15H2,1-2H3,(H,16,19). The molecule has 0 unspecified atom stereocenters. The fourth-order valence-corrected chi connectivity index (χ4v) is 2.75. The Morgan fingerprint density at radius 1 is 1.50 bits per heavy atom. The maximum atomic E-state index is 12.4. The van der Waals surface area contributed by atoms with Crippen molar-refractivity contribution in [3.05, 3.63) is 11.7 Å². The lowest BCUT2D eigenvalue weighted by molar-refractivity contribution is -0.132. The van der Waals surface area contributed by atoms with Crippen LogP contribution in [0.4, 0.5) is 0 Å². The van der Waals surface area contributed by atoms with E-state index in [9.17, 15) is 4.79 Å². The Balaban J connectivity index is 1.83. The van der Waals surface area contributed by atoms with Gasteiger partial charge in [-0.15, -0.1) is 0 Å². The summed E-state index contributed by atoms with van der Waals surface area (Å²) in [6, 6.07) is 0. The summed E-state index contributed by atoms with van der Waals surface area (Å²) in [4.78, 5) is 16.5. The lowest BCUT2D eigenvalue weighted by Gasteiger charge is -2.37. The number of nitrogens with two attached hydrogens (primary N) is 1. The highest BCUT2D eigenvalue weighted by atomic mass is 16.5. The summed E-state index contributed by atoms with van der Waals surface area (Å²) in [5, 5.41) is 6.69. The Morgan fingerprint density at radius 3 is 2.75 bits per heavy atom. The zero-order valence-electron chi connectivity index (χ0n) is 12.3. The van der Waals surface area contributed by atoms with Gasteiger partial charge in [-0.1, -0.05) is 12.1 Å². The molecule has 0 aliphatic heterocycles. The van der Waals surface area contributed by atoms with Gasteiger partial charge in [0.05, 0.1) is 5.41 Å². The van der Waals surface area contributed by atoms with Crippen molar-refractivity contribution in [2.45, 2.75) is 46.0 Å². The fourth-order valence-electron chi connectivity index (χ4n) is 2.75. The number of rotatable bonds is 5. The highest BCUT2D eigenvalue weighted by Crippen LogP contribution is 2.38. The van der Waals surface area contributed by atoms with Crippen LogP contribution in [0, 0.1) is 18.3 Å². The van der Waals surface area contributed by atoms with Crippen molar-refractivity contribution in [3.63, 3.8) is 0 Å². The number of nitrogens with one attached hydrogen (secondary N) is 1. The Hall–Kier alpha value is -1.43. The lowest BCUT2D eigenvalue weighted by atomic mass is 9.70. The first-order valence-corrected chi connectivity index (χ1v) is 7.33. The predicted molar refractivity (Wildman–Crippen MR) is 74.9 cm³/mol. The SMILES string of the molecule is Cc1noc(CCNC(=O)C2(CN)CCC(C)CC2)n1. The minimum Gasteiger partial charge on any atom is -0.355 e. The first kappa shape index (κ1) is 15.0. The van der Waals surface area contributed by atoms with E-state index in [0.717, 1.165) is 25.7 Å². The van der Waals surface area contributed by atoms with E-state index in [1.54, 1.807) is 6.92 Å². The molecule has 0 aromatic carbocycles. The number of hydrogen-bond donors (Lipinski definition) is 2. The predicted octanol–water partition coefficient (Wildman–Crippen LogP) is 1.19. The molecule has 0 saturated heterocycles. The van der Waals surface area contributed by atoms with Crippen molar-refractivity contribution in [1.82, 2.24) is 15.5 Å². The van der Waals surface area contributed by atoms with Crippen molar-refractivity contribution in [2.75, 3.05) is 13.1 Å². The highest BCUT2D eigenvalue weighted by Gasteiger charge is 2.39. The summed E-state index contributed by atoms with van der Waals surface area (Å²) in [7, 11) is 0. The molecule has 6 heteroatoms. The van der Waals surface area contributed by atoms with Gasteiger partial charge in [0.15, 0.2) is 5.82 Å². The maximum Gasteiger partial charge on any atom is 0.228 e. The van der Waals surface area contributed by atoms with Crippen molar-refractivity contribution in [2.24, 2.45) is 17.1 Å². The fraction of sp³-hybridized carbons (Fsp3) is 0.786. The van der Waals surface area contributed by atoms with Gasteiger partial charge in [0, 0.05) is 19.5 Å². The quantitative estimate of drug-likeness (QED) is 0.845. The molecule has 1 saturated carbocycles. The normalized spacial score (nSPS) is 26.4. The summed E-state index contributed by atoms with van der Waals surface area (Å²) < 4.78 is 5.02. The molecule has 0 atom stereocenters. The van der Waals surface area contributed by atoms with Crippen LogP contribution >= 0.6 is 0 Å². The first-order valence-electron chi connectivity index (χ1n) is 7.33. The van der Waals surface area contributed by atoms with Crippen LogP contribution in [-0.4, -0.2) is 29.1 Å². The van der Waals surface area contributed by atoms with Crippen LogP contribution < -0.4 is 11.1 Å². The highest BCUT2D eigenvalue weighted by molar-refractivity contribution is 5.83. The van der Waals surface area contributed by atoms with Crippen molar-refractivity contribution in [1.29, 1.82) is 0 Å². The number of hydrogen-bond acceptors (Lipinski definition) is 5. The number of amides is 1. The Morgan fingerprint density at radius 2 is 2.20 bits per heavy atom. The first-order chi connectivity index (χ1) is 9.55. The Kier molecular flexibility index (Phi) is 4.75. The van der Waals surface area contributed by atoms with Gasteiger partial charge in [0.1, 0.15) is 0 Å². The van der Waals surface area contributed by atoms with Crippen LogP contribution in [-0.2, 0) is 11.2 Å². The van der Waals surface area contributed by atoms with E-state index < -0.39 is 0 Å². The second kappa shape index (κ2) is 6.35. The minimum absolute atomic E-state index is 0.0723. The second-order valence-electron chi connectivity index (χ2n) is 5.91. The van der Waals surface area contributed by atoms with Gasteiger partial charge in [0.2, 0.25) is 11.8 Å². The molecule has 1 aromatic heterocycles. The molecule has 3 N–H and O–H groups in total. The summed E-state index contributed by atoms with van der Waals surface area (Å²) >= 11 is 0. The summed E-state index contributed by atoms with van der Waals surface area (Å²) in [6.07, 6.45) is 4.48. The minimum atomic E-state index is -0.378. The zero-order chi connectivity index (χ0) is 14.6. The summed E-state index contributed by atoms with van der Waals surface area (Å²) in [5.41, 5.74) is 5.49.